The molecule has 0 aliphatic carbocycles. The summed E-state index contributed by atoms with van der Waals surface area (Å²) in [6.45, 7) is 5.81. The summed E-state index contributed by atoms with van der Waals surface area (Å²) in [6, 6.07) is 7.30. The van der Waals surface area contributed by atoms with Gasteiger partial charge in [-0.3, -0.25) is 4.79 Å². The lowest BCUT2D eigenvalue weighted by Crippen LogP contribution is -2.22. The largest absolute Gasteiger partial charge is 0.493 e. The predicted octanol–water partition coefficient (Wildman–Crippen LogP) is 5.14. The van der Waals surface area contributed by atoms with Crippen LogP contribution in [0.5, 0.6) is 5.75 Å². The zero-order valence-corrected chi connectivity index (χ0v) is 15.9. The van der Waals surface area contributed by atoms with Crippen molar-refractivity contribution in [1.82, 2.24) is 5.32 Å². The molecule has 0 saturated heterocycles. The molecule has 0 aliphatic rings. The number of aryl methyl sites for hydroxylation is 1. The molecule has 2 aromatic carbocycles. The number of nitrogens with one attached hydrogen (secondary N) is 1. The molecule has 0 fully saturated rings. The van der Waals surface area contributed by atoms with Crippen LogP contribution < -0.4 is 10.1 Å². The highest BCUT2D eigenvalue weighted by atomic mass is 19.1. The molecule has 6 heteroatoms. The summed E-state index contributed by atoms with van der Waals surface area (Å²) >= 11 is 0. The van der Waals surface area contributed by atoms with Gasteiger partial charge in [-0.2, -0.15) is 0 Å². The molecular formula is C22H21F2NO3. The third-order valence-electron chi connectivity index (χ3n) is 4.44. The average molecular weight is 385 g/mol. The van der Waals surface area contributed by atoms with E-state index in [0.29, 0.717) is 23.5 Å². The van der Waals surface area contributed by atoms with Crippen molar-refractivity contribution < 1.29 is 22.7 Å². The highest BCUT2D eigenvalue weighted by Gasteiger charge is 2.14. The Morgan fingerprint density at radius 3 is 2.64 bits per heavy atom. The highest BCUT2D eigenvalue weighted by Crippen LogP contribution is 2.33. The number of halogens is 2. The van der Waals surface area contributed by atoms with Crippen molar-refractivity contribution in [3.05, 3.63) is 71.0 Å². The van der Waals surface area contributed by atoms with Crippen LogP contribution in [0.4, 0.5) is 8.78 Å². The normalized spacial score (nSPS) is 11.7. The van der Waals surface area contributed by atoms with Crippen LogP contribution in [0, 0.1) is 18.6 Å². The number of rotatable bonds is 6. The summed E-state index contributed by atoms with van der Waals surface area (Å²) in [5, 5.41) is 3.45. The second-order valence-corrected chi connectivity index (χ2v) is 6.44. The van der Waals surface area contributed by atoms with E-state index in [4.69, 9.17) is 9.15 Å². The maximum Gasteiger partial charge on any atom is 0.244 e. The smallest absolute Gasteiger partial charge is 0.244 e. The lowest BCUT2D eigenvalue weighted by atomic mass is 10.0. The van der Waals surface area contributed by atoms with Crippen molar-refractivity contribution >= 4 is 22.4 Å². The first-order valence-electron chi connectivity index (χ1n) is 8.94. The molecule has 1 N–H and O–H groups in total. The quantitative estimate of drug-likeness (QED) is 0.598. The van der Waals surface area contributed by atoms with Crippen molar-refractivity contribution in [2.24, 2.45) is 0 Å². The molecule has 0 unspecified atom stereocenters. The van der Waals surface area contributed by atoms with Crippen LogP contribution >= 0.6 is 0 Å². The van der Waals surface area contributed by atoms with E-state index in [-0.39, 0.29) is 12.1 Å². The van der Waals surface area contributed by atoms with Crippen molar-refractivity contribution in [3.63, 3.8) is 0 Å². The van der Waals surface area contributed by atoms with Crippen LogP contribution in [0.25, 0.3) is 16.5 Å². The van der Waals surface area contributed by atoms with Crippen LogP contribution in [0.1, 0.15) is 30.5 Å². The minimum absolute atomic E-state index is 0.174. The Morgan fingerprint density at radius 2 is 1.96 bits per heavy atom. The molecule has 0 aliphatic heterocycles. The molecule has 0 atom stereocenters. The van der Waals surface area contributed by atoms with Gasteiger partial charge in [0.15, 0.2) is 0 Å². The standard InChI is InChI=1S/C22H21F2NO3/c1-4-27-20-10-21-16(14(3)12-28-21)9-15(20)13(2)8-22(26)25-11-17-18(23)6-5-7-19(17)24/h5-10,12H,4,11H2,1-3H3,(H,25,26)/b13-8+. The van der Waals surface area contributed by atoms with Gasteiger partial charge in [0, 0.05) is 35.2 Å². The fourth-order valence-electron chi connectivity index (χ4n) is 2.97. The molecule has 3 rings (SSSR count). The lowest BCUT2D eigenvalue weighted by Gasteiger charge is -2.11. The van der Waals surface area contributed by atoms with E-state index in [1.54, 1.807) is 19.3 Å². The molecule has 1 aromatic heterocycles. The lowest BCUT2D eigenvalue weighted by molar-refractivity contribution is -0.116. The van der Waals surface area contributed by atoms with E-state index < -0.39 is 17.5 Å². The van der Waals surface area contributed by atoms with E-state index in [1.807, 2.05) is 19.9 Å². The Balaban J connectivity index is 1.84. The zero-order valence-electron chi connectivity index (χ0n) is 15.9. The third kappa shape index (κ3) is 4.06. The molecule has 0 bridgehead atoms. The van der Waals surface area contributed by atoms with Crippen LogP contribution in [-0.2, 0) is 11.3 Å². The first-order valence-corrected chi connectivity index (χ1v) is 8.94. The number of ether oxygens (including phenoxy) is 1. The molecule has 0 saturated carbocycles. The van der Waals surface area contributed by atoms with Crippen molar-refractivity contribution in [2.45, 2.75) is 27.3 Å². The van der Waals surface area contributed by atoms with Crippen LogP contribution in [0.2, 0.25) is 0 Å². The van der Waals surface area contributed by atoms with E-state index in [1.165, 1.54) is 12.1 Å². The van der Waals surface area contributed by atoms with Crippen molar-refractivity contribution in [2.75, 3.05) is 6.61 Å². The summed E-state index contributed by atoms with van der Waals surface area (Å²) < 4.78 is 38.6. The summed E-state index contributed by atoms with van der Waals surface area (Å²) in [5.74, 6) is -1.24. The third-order valence-corrected chi connectivity index (χ3v) is 4.44. The molecule has 3 aromatic rings. The fourth-order valence-corrected chi connectivity index (χ4v) is 2.97. The number of amides is 1. The second kappa shape index (κ2) is 8.25. The molecule has 4 nitrogen and oxygen atoms in total. The summed E-state index contributed by atoms with van der Waals surface area (Å²) in [4.78, 5) is 12.3. The summed E-state index contributed by atoms with van der Waals surface area (Å²) in [5.41, 5.74) is 2.93. The van der Waals surface area contributed by atoms with Crippen molar-refractivity contribution in [1.29, 1.82) is 0 Å². The van der Waals surface area contributed by atoms with Gasteiger partial charge in [-0.25, -0.2) is 8.78 Å². The Hall–Kier alpha value is -3.15. The van der Waals surface area contributed by atoms with E-state index in [2.05, 4.69) is 5.32 Å². The minimum Gasteiger partial charge on any atom is -0.493 e. The average Bonchev–Trinajstić information content (AvgIpc) is 3.01. The maximum absolute atomic E-state index is 13.7. The van der Waals surface area contributed by atoms with Crippen LogP contribution in [0.3, 0.4) is 0 Å². The Bertz CT molecular complexity index is 1030. The SMILES string of the molecule is CCOc1cc2occ(C)c2cc1/C(C)=C/C(=O)NCc1c(F)cccc1F. The number of hydrogen-bond donors (Lipinski definition) is 1. The van der Waals surface area contributed by atoms with E-state index in [9.17, 15) is 13.6 Å². The van der Waals surface area contributed by atoms with Gasteiger partial charge in [0.25, 0.3) is 0 Å². The number of carbonyl (C=O) groups is 1. The van der Waals surface area contributed by atoms with Gasteiger partial charge in [-0.05, 0) is 50.1 Å². The Morgan fingerprint density at radius 1 is 1.25 bits per heavy atom. The van der Waals surface area contributed by atoms with Gasteiger partial charge in [0.2, 0.25) is 5.91 Å². The molecule has 28 heavy (non-hydrogen) atoms. The monoisotopic (exact) mass is 385 g/mol. The Kier molecular flexibility index (Phi) is 5.78. The number of carbonyl (C=O) groups excluding carboxylic acids is 1. The molecule has 1 amide bonds. The maximum atomic E-state index is 13.7. The second-order valence-electron chi connectivity index (χ2n) is 6.44. The van der Waals surface area contributed by atoms with Crippen LogP contribution in [-0.4, -0.2) is 12.5 Å². The van der Waals surface area contributed by atoms with E-state index in [0.717, 1.165) is 28.6 Å². The number of benzene rings is 2. The first kappa shape index (κ1) is 19.6. The molecule has 146 valence electrons. The van der Waals surface area contributed by atoms with Gasteiger partial charge in [0.05, 0.1) is 12.9 Å². The number of fused-ring (bicyclic) bond motifs is 1. The van der Waals surface area contributed by atoms with Gasteiger partial charge in [0.1, 0.15) is 23.0 Å². The summed E-state index contributed by atoms with van der Waals surface area (Å²) in [6.07, 6.45) is 3.05. The van der Waals surface area contributed by atoms with Gasteiger partial charge < -0.3 is 14.5 Å². The number of allylic oxidation sites excluding steroid dienone is 1. The molecule has 0 spiro atoms. The minimum atomic E-state index is -0.694. The highest BCUT2D eigenvalue weighted by molar-refractivity contribution is 5.97. The fraction of sp³-hybridized carbons (Fsp3) is 0.227. The first-order chi connectivity index (χ1) is 13.4. The number of hydrogen-bond acceptors (Lipinski definition) is 3. The van der Waals surface area contributed by atoms with E-state index >= 15 is 0 Å². The van der Waals surface area contributed by atoms with Gasteiger partial charge in [-0.1, -0.05) is 6.07 Å². The summed E-state index contributed by atoms with van der Waals surface area (Å²) in [7, 11) is 0. The molecule has 1 heterocycles. The predicted molar refractivity (Wildman–Crippen MR) is 104 cm³/mol. The molecule has 0 radical (unpaired) electrons. The topological polar surface area (TPSA) is 51.5 Å². The zero-order chi connectivity index (χ0) is 20.3. The molecular weight excluding hydrogens is 364 g/mol. The van der Waals surface area contributed by atoms with Gasteiger partial charge >= 0.3 is 0 Å². The number of furan rings is 1. The van der Waals surface area contributed by atoms with Crippen molar-refractivity contribution in [3.8, 4) is 5.75 Å². The Labute approximate surface area is 161 Å². The van der Waals surface area contributed by atoms with Gasteiger partial charge in [-0.15, -0.1) is 0 Å². The van der Waals surface area contributed by atoms with Crippen LogP contribution in [0.15, 0.2) is 47.1 Å².